The topological polar surface area (TPSA) is 117 Å². The minimum Gasteiger partial charge on any atom is -0.495 e. The summed E-state index contributed by atoms with van der Waals surface area (Å²) in [4.78, 5) is 12.5. The van der Waals surface area contributed by atoms with Gasteiger partial charge in [0.25, 0.3) is 5.91 Å². The highest BCUT2D eigenvalue weighted by Gasteiger charge is 2.16. The monoisotopic (exact) mass is 394 g/mol. The minimum absolute atomic E-state index is 0.139. The molecule has 0 saturated heterocycles. The van der Waals surface area contributed by atoms with Gasteiger partial charge in [-0.15, -0.1) is 0 Å². The Morgan fingerprint density at radius 3 is 2.22 bits per heavy atom. The highest BCUT2D eigenvalue weighted by molar-refractivity contribution is 7.89. The molecule has 2 aromatic carbocycles. The molecular weight excluding hydrogens is 372 g/mol. The van der Waals surface area contributed by atoms with Crippen LogP contribution in [-0.2, 0) is 10.0 Å². The van der Waals surface area contributed by atoms with Crippen LogP contribution in [0, 0.1) is 0 Å². The van der Waals surface area contributed by atoms with Crippen LogP contribution in [0.5, 0.6) is 17.2 Å². The van der Waals surface area contributed by atoms with Gasteiger partial charge in [0.1, 0.15) is 5.75 Å². The van der Waals surface area contributed by atoms with Crippen molar-refractivity contribution >= 4 is 21.6 Å². The van der Waals surface area contributed by atoms with Gasteiger partial charge in [-0.1, -0.05) is 0 Å². The Morgan fingerprint density at radius 2 is 1.63 bits per heavy atom. The maximum atomic E-state index is 12.6. The van der Waals surface area contributed by atoms with Crippen molar-refractivity contribution in [3.63, 3.8) is 0 Å². The van der Waals surface area contributed by atoms with Crippen molar-refractivity contribution < 1.29 is 27.4 Å². The molecular formula is C18H22N2O6S. The summed E-state index contributed by atoms with van der Waals surface area (Å²) in [5, 5.41) is 7.78. The van der Waals surface area contributed by atoms with Gasteiger partial charge in [0, 0.05) is 5.56 Å². The first-order valence-electron chi connectivity index (χ1n) is 8.22. The van der Waals surface area contributed by atoms with Gasteiger partial charge < -0.3 is 19.5 Å². The number of methoxy groups -OCH3 is 1. The fourth-order valence-electron chi connectivity index (χ4n) is 2.35. The molecule has 2 rings (SSSR count). The molecule has 0 unspecified atom stereocenters. The van der Waals surface area contributed by atoms with Gasteiger partial charge in [-0.25, -0.2) is 13.6 Å². The minimum atomic E-state index is -3.92. The lowest BCUT2D eigenvalue weighted by molar-refractivity contribution is 0.102. The Kier molecular flexibility index (Phi) is 6.65. The zero-order chi connectivity index (χ0) is 20.0. The summed E-state index contributed by atoms with van der Waals surface area (Å²) in [6.45, 7) is 4.55. The second-order valence-corrected chi connectivity index (χ2v) is 6.95. The van der Waals surface area contributed by atoms with Gasteiger partial charge in [0.05, 0.1) is 30.9 Å². The molecule has 0 atom stereocenters. The number of carbonyl (C=O) groups excluding carboxylic acids is 1. The van der Waals surface area contributed by atoms with E-state index in [0.29, 0.717) is 36.0 Å². The van der Waals surface area contributed by atoms with Crippen LogP contribution >= 0.6 is 0 Å². The van der Waals surface area contributed by atoms with E-state index >= 15 is 0 Å². The Labute approximate surface area is 158 Å². The van der Waals surface area contributed by atoms with Crippen molar-refractivity contribution in [3.05, 3.63) is 42.0 Å². The third-order valence-corrected chi connectivity index (χ3v) is 4.46. The molecule has 0 saturated carbocycles. The lowest BCUT2D eigenvalue weighted by Gasteiger charge is -2.14. The summed E-state index contributed by atoms with van der Waals surface area (Å²) in [5.74, 6) is 0.803. The summed E-state index contributed by atoms with van der Waals surface area (Å²) < 4.78 is 39.3. The average molecular weight is 394 g/mol. The van der Waals surface area contributed by atoms with Crippen LogP contribution in [0.4, 0.5) is 5.69 Å². The number of rotatable bonds is 8. The predicted octanol–water partition coefficient (Wildman–Crippen LogP) is 2.39. The normalized spacial score (nSPS) is 11.0. The summed E-state index contributed by atoms with van der Waals surface area (Å²) in [5.41, 5.74) is 0.492. The lowest BCUT2D eigenvalue weighted by atomic mass is 10.1. The van der Waals surface area contributed by atoms with Gasteiger partial charge in [0.15, 0.2) is 11.5 Å². The highest BCUT2D eigenvalue weighted by Crippen LogP contribution is 2.30. The Balaban J connectivity index is 2.35. The van der Waals surface area contributed by atoms with Crippen molar-refractivity contribution in [1.82, 2.24) is 0 Å². The van der Waals surface area contributed by atoms with Crippen molar-refractivity contribution in [2.45, 2.75) is 18.7 Å². The maximum absolute atomic E-state index is 12.6. The molecule has 3 N–H and O–H groups in total. The lowest BCUT2D eigenvalue weighted by Crippen LogP contribution is -2.16. The number of carbonyl (C=O) groups is 1. The molecule has 0 spiro atoms. The molecule has 0 heterocycles. The summed E-state index contributed by atoms with van der Waals surface area (Å²) in [7, 11) is -2.51. The molecule has 0 aliphatic carbocycles. The number of nitrogens with one attached hydrogen (secondary N) is 1. The van der Waals surface area contributed by atoms with E-state index in [9.17, 15) is 13.2 Å². The third kappa shape index (κ3) is 5.11. The number of benzene rings is 2. The van der Waals surface area contributed by atoms with E-state index in [4.69, 9.17) is 19.3 Å². The number of ether oxygens (including phenoxy) is 3. The van der Waals surface area contributed by atoms with Crippen LogP contribution in [0.1, 0.15) is 24.2 Å². The standard InChI is InChI=1S/C18H22N2O6S/c1-4-25-16-8-6-12(10-17(16)26-5-2)18(21)20-14-11-13(27(19,22)23)7-9-15(14)24-3/h6-11H,4-5H2,1-3H3,(H,20,21)(H2,19,22,23). The Hall–Kier alpha value is -2.78. The number of nitrogens with two attached hydrogens (primary N) is 1. The number of sulfonamides is 1. The van der Waals surface area contributed by atoms with Crippen LogP contribution in [0.15, 0.2) is 41.3 Å². The van der Waals surface area contributed by atoms with Gasteiger partial charge >= 0.3 is 0 Å². The van der Waals surface area contributed by atoms with Crippen LogP contribution < -0.4 is 24.7 Å². The van der Waals surface area contributed by atoms with Gasteiger partial charge in [-0.3, -0.25) is 4.79 Å². The average Bonchev–Trinajstić information content (AvgIpc) is 2.62. The quantitative estimate of drug-likeness (QED) is 0.710. The fraction of sp³-hybridized carbons (Fsp3) is 0.278. The van der Waals surface area contributed by atoms with Crippen LogP contribution in [0.2, 0.25) is 0 Å². The van der Waals surface area contributed by atoms with E-state index in [0.717, 1.165) is 0 Å². The van der Waals surface area contributed by atoms with E-state index in [1.54, 1.807) is 18.2 Å². The largest absolute Gasteiger partial charge is 0.495 e. The SMILES string of the molecule is CCOc1ccc(C(=O)Nc2cc(S(N)(=O)=O)ccc2OC)cc1OCC. The molecule has 0 radical (unpaired) electrons. The molecule has 0 aromatic heterocycles. The number of amides is 1. The molecule has 2 aromatic rings. The number of primary sulfonamides is 1. The van der Waals surface area contributed by atoms with E-state index in [1.165, 1.54) is 25.3 Å². The van der Waals surface area contributed by atoms with Crippen molar-refractivity contribution in [1.29, 1.82) is 0 Å². The van der Waals surface area contributed by atoms with E-state index in [2.05, 4.69) is 5.32 Å². The first-order chi connectivity index (χ1) is 12.8. The molecule has 1 amide bonds. The second-order valence-electron chi connectivity index (χ2n) is 5.39. The fourth-order valence-corrected chi connectivity index (χ4v) is 2.89. The first kappa shape index (κ1) is 20.5. The first-order valence-corrected chi connectivity index (χ1v) is 9.76. The molecule has 9 heteroatoms. The molecule has 0 bridgehead atoms. The Morgan fingerprint density at radius 1 is 1.00 bits per heavy atom. The molecule has 0 fully saturated rings. The second kappa shape index (κ2) is 8.74. The van der Waals surface area contributed by atoms with E-state index in [-0.39, 0.29) is 10.6 Å². The smallest absolute Gasteiger partial charge is 0.255 e. The van der Waals surface area contributed by atoms with Gasteiger partial charge in [-0.2, -0.15) is 0 Å². The van der Waals surface area contributed by atoms with Crippen molar-refractivity contribution in [2.75, 3.05) is 25.6 Å². The summed E-state index contributed by atoms with van der Waals surface area (Å²) in [6, 6.07) is 8.73. The van der Waals surface area contributed by atoms with Crippen LogP contribution in [0.25, 0.3) is 0 Å². The van der Waals surface area contributed by atoms with Crippen molar-refractivity contribution in [2.24, 2.45) is 5.14 Å². The van der Waals surface area contributed by atoms with Gasteiger partial charge in [-0.05, 0) is 50.2 Å². The van der Waals surface area contributed by atoms with E-state index < -0.39 is 15.9 Å². The Bertz CT molecular complexity index is 927. The maximum Gasteiger partial charge on any atom is 0.255 e. The zero-order valence-corrected chi connectivity index (χ0v) is 16.1. The van der Waals surface area contributed by atoms with Crippen LogP contribution in [-0.4, -0.2) is 34.6 Å². The molecule has 146 valence electrons. The zero-order valence-electron chi connectivity index (χ0n) is 15.3. The highest BCUT2D eigenvalue weighted by atomic mass is 32.2. The van der Waals surface area contributed by atoms with Crippen LogP contribution in [0.3, 0.4) is 0 Å². The number of hydrogen-bond donors (Lipinski definition) is 2. The van der Waals surface area contributed by atoms with Gasteiger partial charge in [0.2, 0.25) is 10.0 Å². The summed E-state index contributed by atoms with van der Waals surface area (Å²) in [6.07, 6.45) is 0. The number of anilines is 1. The van der Waals surface area contributed by atoms with Crippen molar-refractivity contribution in [3.8, 4) is 17.2 Å². The van der Waals surface area contributed by atoms with E-state index in [1.807, 2.05) is 13.8 Å². The molecule has 27 heavy (non-hydrogen) atoms. The number of hydrogen-bond acceptors (Lipinski definition) is 6. The third-order valence-electron chi connectivity index (χ3n) is 3.55. The molecule has 8 nitrogen and oxygen atoms in total. The summed E-state index contributed by atoms with van der Waals surface area (Å²) >= 11 is 0. The predicted molar refractivity (Wildman–Crippen MR) is 101 cm³/mol. The molecule has 0 aliphatic heterocycles. The molecule has 0 aliphatic rings.